The first-order chi connectivity index (χ1) is 14.9. The van der Waals surface area contributed by atoms with E-state index in [1.165, 1.54) is 12.4 Å². The van der Waals surface area contributed by atoms with Crippen molar-refractivity contribution in [3.05, 3.63) is 82.7 Å². The molecule has 2 amide bonds. The van der Waals surface area contributed by atoms with E-state index in [0.29, 0.717) is 22.6 Å². The van der Waals surface area contributed by atoms with Crippen molar-refractivity contribution in [2.75, 3.05) is 0 Å². The molecule has 9 nitrogen and oxygen atoms in total. The van der Waals surface area contributed by atoms with E-state index in [1.54, 1.807) is 43.6 Å². The van der Waals surface area contributed by atoms with E-state index in [9.17, 15) is 9.59 Å². The van der Waals surface area contributed by atoms with E-state index in [-0.39, 0.29) is 11.8 Å². The van der Waals surface area contributed by atoms with Gasteiger partial charge in [-0.3, -0.25) is 19.6 Å². The molecule has 0 unspecified atom stereocenters. The number of aromatic nitrogens is 3. The lowest BCUT2D eigenvalue weighted by molar-refractivity contribution is 0.0946. The molecule has 0 radical (unpaired) electrons. The van der Waals surface area contributed by atoms with E-state index in [4.69, 9.17) is 0 Å². The average Bonchev–Trinajstić information content (AvgIpc) is 3.10. The van der Waals surface area contributed by atoms with Crippen molar-refractivity contribution in [1.82, 2.24) is 25.8 Å². The monoisotopic (exact) mass is 417 g/mol. The maximum absolute atomic E-state index is 12.2. The van der Waals surface area contributed by atoms with Crippen LogP contribution >= 0.6 is 0 Å². The van der Waals surface area contributed by atoms with Gasteiger partial charge in [0.2, 0.25) is 0 Å². The Morgan fingerprint density at radius 2 is 1.39 bits per heavy atom. The van der Waals surface area contributed by atoms with E-state index in [2.05, 4.69) is 36.0 Å². The number of pyridine rings is 2. The highest BCUT2D eigenvalue weighted by Crippen LogP contribution is 2.19. The standard InChI is InChI=1S/C22H23N7O2/c1-13-19(15(3)26-28-21(30)17-7-5-9-23-11-17)14(2)25-20(13)16(4)27-29-22(31)18-8-6-10-24-12-18/h5-12,25H,1-4H3,(H,28,30)(H,29,31)/b26-15?,27-16+. The van der Waals surface area contributed by atoms with Gasteiger partial charge in [-0.05, 0) is 57.5 Å². The Labute approximate surface area is 179 Å². The summed E-state index contributed by atoms with van der Waals surface area (Å²) in [6, 6.07) is 6.70. The highest BCUT2D eigenvalue weighted by molar-refractivity contribution is 6.07. The van der Waals surface area contributed by atoms with Gasteiger partial charge in [0.05, 0.1) is 28.2 Å². The highest BCUT2D eigenvalue weighted by Gasteiger charge is 2.16. The highest BCUT2D eigenvalue weighted by atomic mass is 16.2. The zero-order valence-corrected chi connectivity index (χ0v) is 17.7. The summed E-state index contributed by atoms with van der Waals surface area (Å²) in [6.45, 7) is 7.45. The lowest BCUT2D eigenvalue weighted by atomic mass is 10.0. The number of hydrogen-bond acceptors (Lipinski definition) is 6. The molecule has 0 spiro atoms. The molecule has 3 aromatic heterocycles. The maximum atomic E-state index is 12.2. The second kappa shape index (κ2) is 9.57. The molecule has 0 aromatic carbocycles. The number of nitrogens with zero attached hydrogens (tertiary/aromatic N) is 4. The summed E-state index contributed by atoms with van der Waals surface area (Å²) in [7, 11) is 0. The summed E-state index contributed by atoms with van der Waals surface area (Å²) < 4.78 is 0. The molecule has 3 N–H and O–H groups in total. The minimum absolute atomic E-state index is 0.339. The van der Waals surface area contributed by atoms with Crippen molar-refractivity contribution in [2.45, 2.75) is 27.7 Å². The predicted molar refractivity (Wildman–Crippen MR) is 118 cm³/mol. The number of hydrazone groups is 2. The molecule has 0 saturated carbocycles. The molecule has 0 aliphatic heterocycles. The summed E-state index contributed by atoms with van der Waals surface area (Å²) in [6.07, 6.45) is 6.15. The summed E-state index contributed by atoms with van der Waals surface area (Å²) >= 11 is 0. The number of H-pyrrole nitrogens is 1. The Hall–Kier alpha value is -4.14. The Morgan fingerprint density at radius 3 is 1.87 bits per heavy atom. The normalized spacial score (nSPS) is 11.9. The van der Waals surface area contributed by atoms with Crippen LogP contribution in [0.2, 0.25) is 0 Å². The third-order valence-electron chi connectivity index (χ3n) is 4.66. The van der Waals surface area contributed by atoms with Gasteiger partial charge in [-0.1, -0.05) is 0 Å². The first-order valence-corrected chi connectivity index (χ1v) is 9.57. The molecular formula is C22H23N7O2. The van der Waals surface area contributed by atoms with Crippen LogP contribution in [0.25, 0.3) is 0 Å². The number of amides is 2. The summed E-state index contributed by atoms with van der Waals surface area (Å²) in [5.74, 6) is -0.682. The molecule has 3 heterocycles. The van der Waals surface area contributed by atoms with Crippen LogP contribution in [-0.2, 0) is 0 Å². The zero-order valence-electron chi connectivity index (χ0n) is 17.7. The average molecular weight is 417 g/mol. The number of aryl methyl sites for hydroxylation is 1. The summed E-state index contributed by atoms with van der Waals surface area (Å²) in [4.78, 5) is 35.5. The van der Waals surface area contributed by atoms with Crippen LogP contribution in [-0.4, -0.2) is 38.2 Å². The van der Waals surface area contributed by atoms with E-state index in [0.717, 1.165) is 22.5 Å². The first-order valence-electron chi connectivity index (χ1n) is 9.57. The lowest BCUT2D eigenvalue weighted by Crippen LogP contribution is -2.20. The van der Waals surface area contributed by atoms with Gasteiger partial charge in [0.25, 0.3) is 11.8 Å². The fraction of sp³-hybridized carbons (Fsp3) is 0.182. The second-order valence-electron chi connectivity index (χ2n) is 6.88. The number of carbonyl (C=O) groups is 2. The molecule has 158 valence electrons. The quantitative estimate of drug-likeness (QED) is 0.421. The smallest absolute Gasteiger partial charge is 0.272 e. The molecule has 3 aromatic rings. The minimum atomic E-state index is -0.343. The summed E-state index contributed by atoms with van der Waals surface area (Å²) in [5, 5.41) is 8.43. The summed E-state index contributed by atoms with van der Waals surface area (Å²) in [5.41, 5.74) is 10.6. The molecular weight excluding hydrogens is 394 g/mol. The molecule has 0 aliphatic carbocycles. The molecule has 0 aliphatic rings. The first kappa shape index (κ1) is 21.6. The van der Waals surface area contributed by atoms with Gasteiger partial charge in [0.1, 0.15) is 0 Å². The maximum Gasteiger partial charge on any atom is 0.272 e. The topological polar surface area (TPSA) is 124 Å². The fourth-order valence-electron chi connectivity index (χ4n) is 3.16. The number of nitrogens with one attached hydrogen (secondary N) is 3. The van der Waals surface area contributed by atoms with Crippen molar-refractivity contribution in [1.29, 1.82) is 0 Å². The van der Waals surface area contributed by atoms with E-state index >= 15 is 0 Å². The molecule has 3 rings (SSSR count). The Balaban J connectivity index is 1.76. The Kier molecular flexibility index (Phi) is 6.66. The van der Waals surface area contributed by atoms with Crippen LogP contribution < -0.4 is 10.9 Å². The molecule has 0 bridgehead atoms. The molecule has 0 fully saturated rings. The molecule has 0 atom stereocenters. The van der Waals surface area contributed by atoms with Gasteiger partial charge >= 0.3 is 0 Å². The lowest BCUT2D eigenvalue weighted by Gasteiger charge is -2.05. The SMILES string of the molecule is CC(=NNC(=O)c1cccnc1)c1c(C)[nH]c(/C(C)=N/NC(=O)c2cccnc2)c1C. The predicted octanol–water partition coefficient (Wildman–Crippen LogP) is 2.73. The fourth-order valence-corrected chi connectivity index (χ4v) is 3.16. The van der Waals surface area contributed by atoms with Crippen LogP contribution in [0.3, 0.4) is 0 Å². The number of rotatable bonds is 6. The largest absolute Gasteiger partial charge is 0.357 e. The Morgan fingerprint density at radius 1 is 0.871 bits per heavy atom. The van der Waals surface area contributed by atoms with Crippen LogP contribution in [0.15, 0.2) is 59.3 Å². The van der Waals surface area contributed by atoms with Crippen molar-refractivity contribution < 1.29 is 9.59 Å². The molecule has 9 heteroatoms. The van der Waals surface area contributed by atoms with Gasteiger partial charge in [0.15, 0.2) is 0 Å². The Bertz CT molecular complexity index is 1150. The van der Waals surface area contributed by atoms with Gasteiger partial charge in [0, 0.05) is 36.0 Å². The number of hydrogen-bond donors (Lipinski definition) is 3. The van der Waals surface area contributed by atoms with Crippen molar-refractivity contribution in [2.24, 2.45) is 10.2 Å². The van der Waals surface area contributed by atoms with Gasteiger partial charge in [-0.2, -0.15) is 10.2 Å². The molecule has 31 heavy (non-hydrogen) atoms. The van der Waals surface area contributed by atoms with E-state index < -0.39 is 0 Å². The number of carbonyl (C=O) groups excluding carboxylic acids is 2. The molecule has 0 saturated heterocycles. The zero-order chi connectivity index (χ0) is 22.4. The van der Waals surface area contributed by atoms with Crippen LogP contribution in [0.5, 0.6) is 0 Å². The van der Waals surface area contributed by atoms with Crippen LogP contribution in [0, 0.1) is 13.8 Å². The van der Waals surface area contributed by atoms with Crippen LogP contribution in [0.1, 0.15) is 57.1 Å². The van der Waals surface area contributed by atoms with Crippen molar-refractivity contribution in [3.63, 3.8) is 0 Å². The van der Waals surface area contributed by atoms with Crippen molar-refractivity contribution >= 4 is 23.2 Å². The van der Waals surface area contributed by atoms with Gasteiger partial charge in [-0.25, -0.2) is 10.9 Å². The minimum Gasteiger partial charge on any atom is -0.357 e. The number of aromatic amines is 1. The van der Waals surface area contributed by atoms with Crippen molar-refractivity contribution in [3.8, 4) is 0 Å². The second-order valence-corrected chi connectivity index (χ2v) is 6.88. The van der Waals surface area contributed by atoms with Gasteiger partial charge in [-0.15, -0.1) is 0 Å². The van der Waals surface area contributed by atoms with E-state index in [1.807, 2.05) is 20.8 Å². The third kappa shape index (κ3) is 5.08. The van der Waals surface area contributed by atoms with Gasteiger partial charge < -0.3 is 4.98 Å². The van der Waals surface area contributed by atoms with Crippen LogP contribution in [0.4, 0.5) is 0 Å². The third-order valence-corrected chi connectivity index (χ3v) is 4.66.